The van der Waals surface area contributed by atoms with Gasteiger partial charge in [-0.25, -0.2) is 0 Å². The highest BCUT2D eigenvalue weighted by Gasteiger charge is 2.32. The van der Waals surface area contributed by atoms with Crippen molar-refractivity contribution in [1.82, 2.24) is 0 Å². The highest BCUT2D eigenvalue weighted by Crippen LogP contribution is 2.44. The van der Waals surface area contributed by atoms with Gasteiger partial charge in [-0.15, -0.1) is 35.3 Å². The number of carbonyl (C=O) groups is 3. The van der Waals surface area contributed by atoms with Crippen molar-refractivity contribution in [3.63, 3.8) is 0 Å². The molecule has 0 radical (unpaired) electrons. The monoisotopic (exact) mass is 644 g/mol. The van der Waals surface area contributed by atoms with Crippen molar-refractivity contribution in [3.8, 4) is 0 Å². The average molecular weight is 646 g/mol. The minimum atomic E-state index is 0.0118. The number of hydrogen-bond donors (Lipinski definition) is 0. The molecule has 1 unspecified atom stereocenters. The number of benzene rings is 3. The molecule has 3 aromatic rings. The van der Waals surface area contributed by atoms with Crippen molar-refractivity contribution in [2.24, 2.45) is 0 Å². The van der Waals surface area contributed by atoms with Crippen LogP contribution in [0.4, 0.5) is 0 Å². The third-order valence-corrected chi connectivity index (χ3v) is 10.9. The summed E-state index contributed by atoms with van der Waals surface area (Å²) < 4.78 is 0.0667. The van der Waals surface area contributed by atoms with Crippen LogP contribution in [0.3, 0.4) is 0 Å². The second-order valence-corrected chi connectivity index (χ2v) is 17.6. The molecule has 0 fully saturated rings. The molecule has 0 N–H and O–H groups in total. The molecule has 0 aromatic heterocycles. The van der Waals surface area contributed by atoms with Crippen LogP contribution < -0.4 is 0 Å². The van der Waals surface area contributed by atoms with Crippen molar-refractivity contribution in [2.45, 2.75) is 90.2 Å². The number of thioether (sulfide) groups is 3. The molecule has 3 aliphatic rings. The Kier molecular flexibility index (Phi) is 10.1. The normalized spacial score (nSPS) is 19.9. The predicted octanol–water partition coefficient (Wildman–Crippen LogP) is 10.7. The van der Waals surface area contributed by atoms with Gasteiger partial charge in [0.25, 0.3) is 0 Å². The lowest BCUT2D eigenvalue weighted by Crippen LogP contribution is -2.25. The molecule has 0 bridgehead atoms. The summed E-state index contributed by atoms with van der Waals surface area (Å²) >= 11 is 17.0. The van der Waals surface area contributed by atoms with E-state index in [0.29, 0.717) is 34.6 Å². The van der Waals surface area contributed by atoms with Crippen LogP contribution in [0.1, 0.15) is 90.5 Å². The van der Waals surface area contributed by atoms with E-state index in [-0.39, 0.29) is 26.8 Å². The Labute approximate surface area is 265 Å². The van der Waals surface area contributed by atoms with Gasteiger partial charge in [0, 0.05) is 75.4 Å². The van der Waals surface area contributed by atoms with Gasteiger partial charge in [-0.1, -0.05) is 41.8 Å². The summed E-state index contributed by atoms with van der Waals surface area (Å²) in [6.07, 6.45) is 1.86. The molecule has 3 aliphatic heterocycles. The molecule has 41 heavy (non-hydrogen) atoms. The Balaban J connectivity index is 0.000000142. The summed E-state index contributed by atoms with van der Waals surface area (Å²) in [6, 6.07) is 17.2. The molecule has 0 saturated heterocycles. The highest BCUT2D eigenvalue weighted by molar-refractivity contribution is 8.01. The smallest absolute Gasteiger partial charge is 0.165 e. The van der Waals surface area contributed by atoms with Crippen LogP contribution in [0, 0.1) is 6.92 Å². The minimum Gasteiger partial charge on any atom is -0.294 e. The first kappa shape index (κ1) is 32.2. The molecule has 3 heterocycles. The Morgan fingerprint density at radius 2 is 1.10 bits per heavy atom. The molecule has 0 spiro atoms. The Morgan fingerprint density at radius 3 is 1.63 bits per heavy atom. The molecule has 6 rings (SSSR count). The van der Waals surface area contributed by atoms with E-state index in [1.54, 1.807) is 47.4 Å². The second-order valence-electron chi connectivity index (χ2n) is 11.8. The Morgan fingerprint density at radius 1 is 0.659 bits per heavy atom. The predicted molar refractivity (Wildman–Crippen MR) is 176 cm³/mol. The van der Waals surface area contributed by atoms with Crippen LogP contribution >= 0.6 is 58.5 Å². The van der Waals surface area contributed by atoms with Gasteiger partial charge < -0.3 is 0 Å². The van der Waals surface area contributed by atoms with Gasteiger partial charge in [0.15, 0.2) is 17.3 Å². The van der Waals surface area contributed by atoms with Gasteiger partial charge in [-0.3, -0.25) is 14.4 Å². The van der Waals surface area contributed by atoms with E-state index in [4.69, 9.17) is 23.2 Å². The largest absolute Gasteiger partial charge is 0.294 e. The van der Waals surface area contributed by atoms with Crippen LogP contribution in [0.2, 0.25) is 10.0 Å². The van der Waals surface area contributed by atoms with Crippen LogP contribution in [0.5, 0.6) is 0 Å². The molecule has 3 aromatic carbocycles. The quantitative estimate of drug-likeness (QED) is 0.243. The SMILES string of the molecule is CC1(C)CC(=O)c2cc(Cl)ccc2S1.CC1CC(=O)c2cc(Cl)ccc2S1.Cc1ccc2c(c1)C(=O)CC(C)(C)S2. The first-order valence-electron chi connectivity index (χ1n) is 13.5. The second kappa shape index (κ2) is 12.9. The number of rotatable bonds is 0. The van der Waals surface area contributed by atoms with Crippen molar-refractivity contribution in [1.29, 1.82) is 0 Å². The van der Waals surface area contributed by atoms with E-state index in [1.807, 2.05) is 37.3 Å². The summed E-state index contributed by atoms with van der Waals surface area (Å²) in [5.41, 5.74) is 3.64. The molecule has 0 amide bonds. The first-order valence-corrected chi connectivity index (χ1v) is 16.7. The molecule has 0 saturated carbocycles. The topological polar surface area (TPSA) is 51.2 Å². The van der Waals surface area contributed by atoms with Gasteiger partial charge in [-0.2, -0.15) is 0 Å². The molecule has 8 heteroatoms. The van der Waals surface area contributed by atoms with Gasteiger partial charge in [0.1, 0.15) is 0 Å². The lowest BCUT2D eigenvalue weighted by atomic mass is 9.98. The van der Waals surface area contributed by atoms with E-state index in [9.17, 15) is 14.4 Å². The van der Waals surface area contributed by atoms with Crippen molar-refractivity contribution in [3.05, 3.63) is 86.9 Å². The van der Waals surface area contributed by atoms with E-state index in [0.717, 1.165) is 36.9 Å². The van der Waals surface area contributed by atoms with Crippen molar-refractivity contribution >= 4 is 75.8 Å². The number of carbonyl (C=O) groups excluding carboxylic acids is 3. The zero-order valence-corrected chi connectivity index (χ0v) is 28.1. The van der Waals surface area contributed by atoms with Gasteiger partial charge in [0.2, 0.25) is 0 Å². The first-order chi connectivity index (χ1) is 19.1. The molecular weight excluding hydrogens is 611 g/mol. The summed E-state index contributed by atoms with van der Waals surface area (Å²) in [6.45, 7) is 12.5. The van der Waals surface area contributed by atoms with Gasteiger partial charge in [0.05, 0.1) is 0 Å². The molecule has 1 atom stereocenters. The highest BCUT2D eigenvalue weighted by atomic mass is 35.5. The van der Waals surface area contributed by atoms with Crippen LogP contribution in [-0.4, -0.2) is 32.1 Å². The third-order valence-electron chi connectivity index (χ3n) is 6.67. The van der Waals surface area contributed by atoms with Crippen LogP contribution in [0.15, 0.2) is 69.3 Å². The number of hydrogen-bond acceptors (Lipinski definition) is 6. The van der Waals surface area contributed by atoms with Gasteiger partial charge in [-0.05, 0) is 83.1 Å². The lowest BCUT2D eigenvalue weighted by molar-refractivity contribution is 0.0959. The maximum atomic E-state index is 11.8. The summed E-state index contributed by atoms with van der Waals surface area (Å²) in [4.78, 5) is 38.4. The lowest BCUT2D eigenvalue weighted by Gasteiger charge is -2.29. The molecule has 216 valence electrons. The zero-order chi connectivity index (χ0) is 30.1. The Hall–Kier alpha value is -1.70. The number of halogens is 2. The summed E-state index contributed by atoms with van der Waals surface area (Å²) in [5, 5.41) is 1.67. The van der Waals surface area contributed by atoms with E-state index < -0.39 is 0 Å². The zero-order valence-electron chi connectivity index (χ0n) is 24.1. The molecular formula is C33H34Cl2O3S3. The maximum Gasteiger partial charge on any atom is 0.165 e. The average Bonchev–Trinajstić information content (AvgIpc) is 2.85. The fraction of sp³-hybridized carbons (Fsp3) is 0.364. The standard InChI is InChI=1S/C12H14OS.C11H11ClOS.C10H9ClOS/c1-8-4-5-11-9(6-8)10(13)7-12(2,3)14-11;1-11(2)6-9(13)8-5-7(12)3-4-10(8)14-11;1-6-4-9(12)8-5-7(11)2-3-10(8)13-6/h4-6H,7H2,1-3H3;3-5H,6H2,1-2H3;2-3,5-6H,4H2,1H3. The van der Waals surface area contributed by atoms with E-state index in [2.05, 4.69) is 46.8 Å². The van der Waals surface area contributed by atoms with E-state index >= 15 is 0 Å². The minimum absolute atomic E-state index is 0.0118. The van der Waals surface area contributed by atoms with E-state index in [1.165, 1.54) is 0 Å². The summed E-state index contributed by atoms with van der Waals surface area (Å²) in [5.74, 6) is 0.697. The van der Waals surface area contributed by atoms with Gasteiger partial charge >= 0.3 is 0 Å². The molecule has 0 aliphatic carbocycles. The number of ketones is 3. The maximum absolute atomic E-state index is 11.8. The Bertz CT molecular complexity index is 1440. The fourth-order valence-corrected chi connectivity index (χ4v) is 8.74. The number of fused-ring (bicyclic) bond motifs is 3. The van der Waals surface area contributed by atoms with Crippen LogP contribution in [-0.2, 0) is 0 Å². The summed E-state index contributed by atoms with van der Waals surface area (Å²) in [7, 11) is 0. The molecule has 3 nitrogen and oxygen atoms in total. The fourth-order valence-electron chi connectivity index (χ4n) is 4.84. The van der Waals surface area contributed by atoms with Crippen molar-refractivity contribution in [2.75, 3.05) is 0 Å². The third kappa shape index (κ3) is 8.45. The van der Waals surface area contributed by atoms with Crippen LogP contribution in [0.25, 0.3) is 0 Å². The number of Topliss-reactive ketones (excluding diaryl/α,β-unsaturated/α-hetero) is 3. The number of aryl methyl sites for hydroxylation is 1. The van der Waals surface area contributed by atoms with Crippen molar-refractivity contribution < 1.29 is 14.4 Å².